The number of nitrogens with zero attached hydrogens (tertiary/aromatic N) is 1. The fourth-order valence-corrected chi connectivity index (χ4v) is 9.72. The highest BCUT2D eigenvalue weighted by atomic mass is 32.1. The largest absolute Gasteiger partial charge is 0.462 e. The van der Waals surface area contributed by atoms with Gasteiger partial charge in [0, 0.05) is 29.2 Å². The van der Waals surface area contributed by atoms with Gasteiger partial charge in [-0.1, -0.05) is 13.0 Å². The molecule has 0 aromatic carbocycles. The van der Waals surface area contributed by atoms with E-state index in [1.165, 1.54) is 37.0 Å². The van der Waals surface area contributed by atoms with Crippen LogP contribution in [-0.4, -0.2) is 40.9 Å². The van der Waals surface area contributed by atoms with Crippen molar-refractivity contribution in [2.75, 3.05) is 6.54 Å². The molecule has 0 bridgehead atoms. The highest BCUT2D eigenvalue weighted by molar-refractivity contribution is 7.09. The molecule has 2 aliphatic carbocycles. The Labute approximate surface area is 209 Å². The first-order chi connectivity index (χ1) is 16.2. The number of aryl methyl sites for hydroxylation is 1. The molecule has 5 heteroatoms. The van der Waals surface area contributed by atoms with E-state index in [1.54, 1.807) is 11.3 Å². The zero-order valence-corrected chi connectivity index (χ0v) is 22.4. The Hall–Kier alpha value is -1.20. The van der Waals surface area contributed by atoms with Gasteiger partial charge in [-0.25, -0.2) is 0 Å². The third-order valence-corrected chi connectivity index (χ3v) is 11.7. The molecule has 1 aromatic heterocycles. The van der Waals surface area contributed by atoms with Gasteiger partial charge in [-0.15, -0.1) is 11.3 Å². The summed E-state index contributed by atoms with van der Waals surface area (Å²) in [5.74, 6) is 3.05. The van der Waals surface area contributed by atoms with E-state index in [0.29, 0.717) is 24.0 Å². The number of esters is 1. The van der Waals surface area contributed by atoms with Gasteiger partial charge in [0.1, 0.15) is 11.9 Å². The highest BCUT2D eigenvalue weighted by Gasteiger charge is 2.61. The van der Waals surface area contributed by atoms with Crippen molar-refractivity contribution in [2.45, 2.75) is 110 Å². The summed E-state index contributed by atoms with van der Waals surface area (Å²) in [6, 6.07) is 4.31. The lowest BCUT2D eigenvalue weighted by molar-refractivity contribution is -0.162. The van der Waals surface area contributed by atoms with Crippen LogP contribution in [0.2, 0.25) is 0 Å². The molecule has 2 aliphatic heterocycles. The molecule has 4 fully saturated rings. The topological polar surface area (TPSA) is 46.6 Å². The maximum Gasteiger partial charge on any atom is 0.306 e. The van der Waals surface area contributed by atoms with Crippen molar-refractivity contribution in [3.63, 3.8) is 0 Å². The first-order valence-electron chi connectivity index (χ1n) is 13.8. The second-order valence-electron chi connectivity index (χ2n) is 12.2. The van der Waals surface area contributed by atoms with Gasteiger partial charge in [0.2, 0.25) is 0 Å². The second-order valence-corrected chi connectivity index (χ2v) is 13.2. The van der Waals surface area contributed by atoms with Gasteiger partial charge in [-0.2, -0.15) is 0 Å². The molecule has 1 aromatic rings. The Kier molecular flexibility index (Phi) is 6.74. The Morgan fingerprint density at radius 1 is 1.21 bits per heavy atom. The molecule has 34 heavy (non-hydrogen) atoms. The molecular formula is C29H43NO3S. The summed E-state index contributed by atoms with van der Waals surface area (Å²) >= 11 is 1.76. The van der Waals surface area contributed by atoms with Crippen molar-refractivity contribution in [2.24, 2.45) is 29.1 Å². The number of carbonyl (C=O) groups excluding carboxylic acids is 2. The van der Waals surface area contributed by atoms with Crippen molar-refractivity contribution < 1.29 is 14.3 Å². The Morgan fingerprint density at radius 2 is 2.03 bits per heavy atom. The zero-order chi connectivity index (χ0) is 24.1. The van der Waals surface area contributed by atoms with E-state index in [2.05, 4.69) is 50.1 Å². The van der Waals surface area contributed by atoms with E-state index < -0.39 is 0 Å². The van der Waals surface area contributed by atoms with Gasteiger partial charge in [0.15, 0.2) is 0 Å². The van der Waals surface area contributed by atoms with Gasteiger partial charge in [0.05, 0.1) is 6.04 Å². The summed E-state index contributed by atoms with van der Waals surface area (Å²) in [5.41, 5.74) is 0.447. The van der Waals surface area contributed by atoms with E-state index in [0.717, 1.165) is 44.1 Å². The molecule has 0 amide bonds. The van der Waals surface area contributed by atoms with Crippen LogP contribution in [0, 0.1) is 29.1 Å². The monoisotopic (exact) mass is 485 g/mol. The molecule has 0 spiro atoms. The third kappa shape index (κ3) is 4.09. The molecule has 0 radical (unpaired) electrons. The highest BCUT2D eigenvalue weighted by Crippen LogP contribution is 2.64. The minimum Gasteiger partial charge on any atom is -0.462 e. The van der Waals surface area contributed by atoms with Crippen molar-refractivity contribution in [1.29, 1.82) is 0 Å². The first-order valence-corrected chi connectivity index (χ1v) is 14.6. The van der Waals surface area contributed by atoms with Gasteiger partial charge in [0.25, 0.3) is 0 Å². The third-order valence-electron chi connectivity index (χ3n) is 10.7. The van der Waals surface area contributed by atoms with Gasteiger partial charge < -0.3 is 4.74 Å². The van der Waals surface area contributed by atoms with Gasteiger partial charge in [-0.05, 0) is 113 Å². The van der Waals surface area contributed by atoms with Crippen LogP contribution in [-0.2, 0) is 20.7 Å². The molecule has 3 heterocycles. The maximum absolute atomic E-state index is 12.6. The fraction of sp³-hybridized carbons (Fsp3) is 0.793. The standard InChI is InChI=1S/C29H43NO3S/c1-19-26(31)13-16-29(4)25-12-15-28(3)23(10-11-24(28)22(25)14-17-30(19)29)20(2)33-27(32)9-5-7-21-8-6-18-34-21/h6,8,18-20,22-25H,5,7,9-17H2,1-4H3/t19?,20?,22-,23+,24-,25-,28+,29+/m0/s1. The number of rotatable bonds is 6. The quantitative estimate of drug-likeness (QED) is 0.445. The van der Waals surface area contributed by atoms with E-state index in [4.69, 9.17) is 4.74 Å². The number of fused-ring (bicyclic) bond motifs is 5. The number of hydrogen-bond donors (Lipinski definition) is 0. The molecule has 8 atom stereocenters. The number of ether oxygens (including phenoxy) is 1. The molecule has 5 rings (SSSR count). The van der Waals surface area contributed by atoms with Crippen LogP contribution in [0.4, 0.5) is 0 Å². The summed E-state index contributed by atoms with van der Waals surface area (Å²) < 4.78 is 6.05. The molecule has 2 saturated heterocycles. The van der Waals surface area contributed by atoms with Crippen LogP contribution >= 0.6 is 11.3 Å². The van der Waals surface area contributed by atoms with E-state index in [-0.39, 0.29) is 29.1 Å². The molecule has 2 saturated carbocycles. The molecule has 2 unspecified atom stereocenters. The Morgan fingerprint density at radius 3 is 2.79 bits per heavy atom. The van der Waals surface area contributed by atoms with Crippen LogP contribution in [0.25, 0.3) is 0 Å². The first kappa shape index (κ1) is 24.5. The summed E-state index contributed by atoms with van der Waals surface area (Å²) in [4.78, 5) is 29.0. The SMILES string of the molecule is CC(OC(=O)CCCc1cccs1)[C@H]1CC[C@H]2[C@@H]3CCN4C(C)C(=O)CC[C@]4(C)[C@H]3CC[C@]12C. The predicted molar refractivity (Wildman–Crippen MR) is 137 cm³/mol. The normalized spacial score (nSPS) is 40.8. The number of carbonyl (C=O) groups is 2. The summed E-state index contributed by atoms with van der Waals surface area (Å²) in [7, 11) is 0. The van der Waals surface area contributed by atoms with Crippen molar-refractivity contribution in [3.05, 3.63) is 22.4 Å². The zero-order valence-electron chi connectivity index (χ0n) is 21.6. The number of hydrogen-bond acceptors (Lipinski definition) is 5. The van der Waals surface area contributed by atoms with Gasteiger partial charge >= 0.3 is 5.97 Å². The fourth-order valence-electron chi connectivity index (χ4n) is 8.96. The molecule has 4 aliphatic rings. The maximum atomic E-state index is 12.6. The number of Topliss-reactive ketones (excluding diaryl/α,β-unsaturated/α-hetero) is 1. The smallest absolute Gasteiger partial charge is 0.306 e. The van der Waals surface area contributed by atoms with Crippen molar-refractivity contribution >= 4 is 23.1 Å². The average Bonchev–Trinajstić information content (AvgIpc) is 3.44. The molecule has 0 N–H and O–H groups in total. The lowest BCUT2D eigenvalue weighted by Gasteiger charge is -2.62. The lowest BCUT2D eigenvalue weighted by Crippen LogP contribution is -2.67. The van der Waals surface area contributed by atoms with Crippen LogP contribution in [0.3, 0.4) is 0 Å². The van der Waals surface area contributed by atoms with E-state index in [9.17, 15) is 9.59 Å². The van der Waals surface area contributed by atoms with Crippen LogP contribution in [0.15, 0.2) is 17.5 Å². The number of thiophene rings is 1. The average molecular weight is 486 g/mol. The molecule has 4 nitrogen and oxygen atoms in total. The van der Waals surface area contributed by atoms with Crippen LogP contribution < -0.4 is 0 Å². The minimum atomic E-state index is -0.0218. The minimum absolute atomic E-state index is 0.00351. The second kappa shape index (κ2) is 9.35. The summed E-state index contributed by atoms with van der Waals surface area (Å²) in [5, 5.41) is 2.10. The predicted octanol–water partition coefficient (Wildman–Crippen LogP) is 6.28. The number of ketones is 1. The molecular weight excluding hydrogens is 442 g/mol. The van der Waals surface area contributed by atoms with E-state index >= 15 is 0 Å². The summed E-state index contributed by atoms with van der Waals surface area (Å²) in [6.07, 6.45) is 10.3. The lowest BCUT2D eigenvalue weighted by atomic mass is 9.51. The number of piperidine rings is 2. The van der Waals surface area contributed by atoms with Crippen molar-refractivity contribution in [1.82, 2.24) is 4.90 Å². The molecule has 188 valence electrons. The Balaban J connectivity index is 1.22. The van der Waals surface area contributed by atoms with Crippen molar-refractivity contribution in [3.8, 4) is 0 Å². The van der Waals surface area contributed by atoms with Crippen LogP contribution in [0.1, 0.15) is 90.4 Å². The van der Waals surface area contributed by atoms with E-state index in [1.807, 2.05) is 0 Å². The van der Waals surface area contributed by atoms with Gasteiger partial charge in [-0.3, -0.25) is 14.5 Å². The Bertz CT molecular complexity index is 899. The summed E-state index contributed by atoms with van der Waals surface area (Å²) in [6.45, 7) is 10.3. The van der Waals surface area contributed by atoms with Crippen LogP contribution in [0.5, 0.6) is 0 Å².